The molecule has 0 aliphatic rings. The van der Waals surface area contributed by atoms with Crippen molar-refractivity contribution in [3.05, 3.63) is 39.9 Å². The van der Waals surface area contributed by atoms with Gasteiger partial charge in [0.25, 0.3) is 5.69 Å². The third kappa shape index (κ3) is 5.79. The first kappa shape index (κ1) is 17.6. The highest BCUT2D eigenvalue weighted by molar-refractivity contribution is 5.35. The van der Waals surface area contributed by atoms with Gasteiger partial charge in [-0.15, -0.1) is 0 Å². The van der Waals surface area contributed by atoms with Crippen molar-refractivity contribution in [2.24, 2.45) is 0 Å². The van der Waals surface area contributed by atoms with E-state index in [0.29, 0.717) is 13.0 Å². The molecule has 0 spiro atoms. The van der Waals surface area contributed by atoms with Crippen LogP contribution in [-0.2, 0) is 4.74 Å². The van der Waals surface area contributed by atoms with Gasteiger partial charge >= 0.3 is 0 Å². The van der Waals surface area contributed by atoms with E-state index in [-0.39, 0.29) is 29.3 Å². The van der Waals surface area contributed by atoms with Crippen LogP contribution in [0.4, 0.5) is 5.69 Å². The summed E-state index contributed by atoms with van der Waals surface area (Å²) in [5.41, 5.74) is 0.992. The van der Waals surface area contributed by atoms with Gasteiger partial charge in [0.1, 0.15) is 0 Å². The molecule has 6 heteroatoms. The summed E-state index contributed by atoms with van der Waals surface area (Å²) >= 11 is 0. The SMILES string of the molecule is CCCC(NC(CCO)COC)c1cccc([N+](=O)[O-])c1. The summed E-state index contributed by atoms with van der Waals surface area (Å²) in [7, 11) is 1.62. The number of nitro benzene ring substituents is 1. The summed E-state index contributed by atoms with van der Waals surface area (Å²) in [4.78, 5) is 10.5. The molecule has 0 amide bonds. The maximum Gasteiger partial charge on any atom is 0.269 e. The number of rotatable bonds is 10. The van der Waals surface area contributed by atoms with E-state index in [4.69, 9.17) is 9.84 Å². The average molecular weight is 296 g/mol. The lowest BCUT2D eigenvalue weighted by Crippen LogP contribution is -2.37. The number of hydrogen-bond donors (Lipinski definition) is 2. The van der Waals surface area contributed by atoms with E-state index in [1.54, 1.807) is 19.2 Å². The van der Waals surface area contributed by atoms with Crippen molar-refractivity contribution >= 4 is 5.69 Å². The van der Waals surface area contributed by atoms with Crippen LogP contribution in [0.2, 0.25) is 0 Å². The molecule has 2 unspecified atom stereocenters. The van der Waals surface area contributed by atoms with Crippen LogP contribution < -0.4 is 5.32 Å². The lowest BCUT2D eigenvalue weighted by atomic mass is 10.00. The summed E-state index contributed by atoms with van der Waals surface area (Å²) in [6, 6.07) is 6.74. The maximum atomic E-state index is 10.9. The molecule has 0 fully saturated rings. The number of hydrogen-bond acceptors (Lipinski definition) is 5. The van der Waals surface area contributed by atoms with Gasteiger partial charge in [-0.1, -0.05) is 25.5 Å². The molecular formula is C15H24N2O4. The molecule has 6 nitrogen and oxygen atoms in total. The van der Waals surface area contributed by atoms with Gasteiger partial charge in [-0.2, -0.15) is 0 Å². The van der Waals surface area contributed by atoms with E-state index >= 15 is 0 Å². The van der Waals surface area contributed by atoms with Crippen LogP contribution in [0.25, 0.3) is 0 Å². The topological polar surface area (TPSA) is 84.6 Å². The predicted octanol–water partition coefficient (Wildman–Crippen LogP) is 2.42. The van der Waals surface area contributed by atoms with Crippen molar-refractivity contribution in [1.82, 2.24) is 5.32 Å². The molecule has 0 saturated carbocycles. The molecule has 2 N–H and O–H groups in total. The molecule has 1 aromatic rings. The molecule has 1 rings (SSSR count). The van der Waals surface area contributed by atoms with Crippen molar-refractivity contribution in [2.45, 2.75) is 38.3 Å². The summed E-state index contributed by atoms with van der Waals surface area (Å²) in [6.45, 7) is 2.65. The Kier molecular flexibility index (Phi) is 7.89. The van der Waals surface area contributed by atoms with Crippen molar-refractivity contribution in [2.75, 3.05) is 20.3 Å². The Hall–Kier alpha value is -1.50. The Morgan fingerprint density at radius 3 is 2.76 bits per heavy atom. The third-order valence-electron chi connectivity index (χ3n) is 3.34. The van der Waals surface area contributed by atoms with Crippen LogP contribution in [0.3, 0.4) is 0 Å². The molecule has 0 aliphatic heterocycles. The Labute approximate surface area is 125 Å². The van der Waals surface area contributed by atoms with Crippen LogP contribution in [0.5, 0.6) is 0 Å². The molecule has 0 bridgehead atoms. The number of ether oxygens (including phenoxy) is 1. The number of benzene rings is 1. The Balaban J connectivity index is 2.88. The van der Waals surface area contributed by atoms with Gasteiger partial charge in [0.05, 0.1) is 11.5 Å². The van der Waals surface area contributed by atoms with E-state index in [9.17, 15) is 10.1 Å². The second-order valence-electron chi connectivity index (χ2n) is 5.02. The van der Waals surface area contributed by atoms with Crippen LogP contribution in [0.1, 0.15) is 37.8 Å². The highest BCUT2D eigenvalue weighted by Crippen LogP contribution is 2.23. The zero-order valence-corrected chi connectivity index (χ0v) is 12.6. The first-order chi connectivity index (χ1) is 10.1. The highest BCUT2D eigenvalue weighted by Gasteiger charge is 2.18. The first-order valence-corrected chi connectivity index (χ1v) is 7.22. The van der Waals surface area contributed by atoms with Crippen molar-refractivity contribution in [3.63, 3.8) is 0 Å². The van der Waals surface area contributed by atoms with Crippen LogP contribution in [0.15, 0.2) is 24.3 Å². The van der Waals surface area contributed by atoms with Gasteiger partial charge in [-0.25, -0.2) is 0 Å². The van der Waals surface area contributed by atoms with Crippen molar-refractivity contribution in [3.8, 4) is 0 Å². The molecule has 0 radical (unpaired) electrons. The summed E-state index contributed by atoms with van der Waals surface area (Å²) in [5.74, 6) is 0. The molecular weight excluding hydrogens is 272 g/mol. The fraction of sp³-hybridized carbons (Fsp3) is 0.600. The quantitative estimate of drug-likeness (QED) is 0.511. The lowest BCUT2D eigenvalue weighted by Gasteiger charge is -2.25. The Morgan fingerprint density at radius 1 is 1.43 bits per heavy atom. The van der Waals surface area contributed by atoms with Gasteiger partial charge < -0.3 is 15.2 Å². The molecule has 0 heterocycles. The number of non-ortho nitro benzene ring substituents is 1. The number of aliphatic hydroxyl groups excluding tert-OH is 1. The number of nitro groups is 1. The monoisotopic (exact) mass is 296 g/mol. The van der Waals surface area contributed by atoms with Crippen LogP contribution >= 0.6 is 0 Å². The van der Waals surface area contributed by atoms with E-state index in [0.717, 1.165) is 18.4 Å². The van der Waals surface area contributed by atoms with Crippen LogP contribution in [-0.4, -0.2) is 36.4 Å². The zero-order valence-electron chi connectivity index (χ0n) is 12.6. The molecule has 0 aromatic heterocycles. The van der Waals surface area contributed by atoms with Gasteiger partial charge in [0.2, 0.25) is 0 Å². The predicted molar refractivity (Wildman–Crippen MR) is 81.2 cm³/mol. The largest absolute Gasteiger partial charge is 0.396 e. The van der Waals surface area contributed by atoms with Crippen molar-refractivity contribution < 1.29 is 14.8 Å². The third-order valence-corrected chi connectivity index (χ3v) is 3.34. The van der Waals surface area contributed by atoms with E-state index in [2.05, 4.69) is 12.2 Å². The van der Waals surface area contributed by atoms with E-state index < -0.39 is 0 Å². The molecule has 21 heavy (non-hydrogen) atoms. The fourth-order valence-electron chi connectivity index (χ4n) is 2.35. The molecule has 2 atom stereocenters. The number of methoxy groups -OCH3 is 1. The smallest absolute Gasteiger partial charge is 0.269 e. The molecule has 0 aliphatic carbocycles. The molecule has 118 valence electrons. The van der Waals surface area contributed by atoms with E-state index in [1.165, 1.54) is 6.07 Å². The molecule has 1 aromatic carbocycles. The minimum Gasteiger partial charge on any atom is -0.396 e. The second-order valence-corrected chi connectivity index (χ2v) is 5.02. The van der Waals surface area contributed by atoms with E-state index in [1.807, 2.05) is 6.07 Å². The standard InChI is InChI=1S/C15H24N2O4/c1-3-5-15(16-13(8-9-18)11-21-2)12-6-4-7-14(10-12)17(19)20/h4,6-7,10,13,15-16,18H,3,5,8-9,11H2,1-2H3. The Morgan fingerprint density at radius 2 is 2.19 bits per heavy atom. The summed E-state index contributed by atoms with van der Waals surface area (Å²) in [6.07, 6.45) is 2.41. The normalized spacial score (nSPS) is 13.9. The Bertz CT molecular complexity index is 433. The molecule has 0 saturated heterocycles. The number of nitrogens with one attached hydrogen (secondary N) is 1. The summed E-state index contributed by atoms with van der Waals surface area (Å²) < 4.78 is 5.15. The minimum atomic E-state index is -0.382. The maximum absolute atomic E-state index is 10.9. The minimum absolute atomic E-state index is 0.0154. The van der Waals surface area contributed by atoms with Crippen LogP contribution in [0, 0.1) is 10.1 Å². The summed E-state index contributed by atoms with van der Waals surface area (Å²) in [5, 5.41) is 23.4. The van der Waals surface area contributed by atoms with Gasteiger partial charge in [0, 0.05) is 37.9 Å². The fourth-order valence-corrected chi connectivity index (χ4v) is 2.35. The van der Waals surface area contributed by atoms with Gasteiger partial charge in [-0.05, 0) is 18.4 Å². The average Bonchev–Trinajstić information content (AvgIpc) is 2.47. The number of aliphatic hydroxyl groups is 1. The highest BCUT2D eigenvalue weighted by atomic mass is 16.6. The van der Waals surface area contributed by atoms with Gasteiger partial charge in [0.15, 0.2) is 0 Å². The number of nitrogens with zero attached hydrogens (tertiary/aromatic N) is 1. The lowest BCUT2D eigenvalue weighted by molar-refractivity contribution is -0.384. The first-order valence-electron chi connectivity index (χ1n) is 7.22. The van der Waals surface area contributed by atoms with Gasteiger partial charge in [-0.3, -0.25) is 10.1 Å². The zero-order chi connectivity index (χ0) is 15.7. The van der Waals surface area contributed by atoms with Crippen molar-refractivity contribution in [1.29, 1.82) is 0 Å². The second kappa shape index (κ2) is 9.44.